The smallest absolute Gasteiger partial charge is 0.126 e. The van der Waals surface area contributed by atoms with Crippen molar-refractivity contribution in [2.45, 2.75) is 25.8 Å². The van der Waals surface area contributed by atoms with Crippen molar-refractivity contribution in [3.8, 4) is 0 Å². The zero-order valence-electron chi connectivity index (χ0n) is 8.42. The van der Waals surface area contributed by atoms with Gasteiger partial charge < -0.3 is 10.4 Å². The third-order valence-electron chi connectivity index (χ3n) is 2.29. The fourth-order valence-corrected chi connectivity index (χ4v) is 1.23. The number of nitrogens with zero attached hydrogens (tertiary/aromatic N) is 1. The molecule has 0 aliphatic rings. The van der Waals surface area contributed by atoms with Crippen LogP contribution in [0.1, 0.15) is 20.3 Å². The highest BCUT2D eigenvalue weighted by molar-refractivity contribution is 9.10. The van der Waals surface area contributed by atoms with Crippen LogP contribution in [0.3, 0.4) is 0 Å². The minimum absolute atomic E-state index is 0.0985. The predicted molar refractivity (Wildman–Crippen MR) is 61.3 cm³/mol. The Labute approximate surface area is 92.7 Å². The molecule has 0 saturated heterocycles. The predicted octanol–water partition coefficient (Wildman–Crippen LogP) is 2.42. The second-order valence-corrected chi connectivity index (χ2v) is 4.47. The molecule has 0 bridgehead atoms. The summed E-state index contributed by atoms with van der Waals surface area (Å²) in [5, 5.41) is 12.4. The number of halogens is 1. The lowest BCUT2D eigenvalue weighted by atomic mass is 10.0. The van der Waals surface area contributed by atoms with Crippen LogP contribution >= 0.6 is 15.9 Å². The number of hydrogen-bond acceptors (Lipinski definition) is 3. The van der Waals surface area contributed by atoms with Gasteiger partial charge in [0.05, 0.1) is 12.1 Å². The van der Waals surface area contributed by atoms with E-state index in [4.69, 9.17) is 0 Å². The Morgan fingerprint density at radius 1 is 1.57 bits per heavy atom. The minimum atomic E-state index is -0.291. The molecular formula is C10H15BrN2O. The van der Waals surface area contributed by atoms with Crippen LogP contribution in [0.25, 0.3) is 0 Å². The molecule has 0 aliphatic carbocycles. The minimum Gasteiger partial charge on any atom is -0.394 e. The SMILES string of the molecule is CCC(C)(CO)Nc1ccc(Br)cn1. The fourth-order valence-electron chi connectivity index (χ4n) is 0.999. The molecule has 78 valence electrons. The molecular weight excluding hydrogens is 244 g/mol. The first-order valence-corrected chi connectivity index (χ1v) is 5.39. The number of rotatable bonds is 4. The summed E-state index contributed by atoms with van der Waals surface area (Å²) >= 11 is 3.32. The van der Waals surface area contributed by atoms with E-state index in [2.05, 4.69) is 26.2 Å². The molecule has 0 saturated carbocycles. The third kappa shape index (κ3) is 2.96. The van der Waals surface area contributed by atoms with Crippen LogP contribution < -0.4 is 5.32 Å². The molecule has 0 amide bonds. The molecule has 1 heterocycles. The molecule has 3 nitrogen and oxygen atoms in total. The summed E-state index contributed by atoms with van der Waals surface area (Å²) in [4.78, 5) is 4.19. The van der Waals surface area contributed by atoms with Crippen molar-refractivity contribution in [1.29, 1.82) is 0 Å². The highest BCUT2D eigenvalue weighted by Crippen LogP contribution is 2.17. The average molecular weight is 259 g/mol. The summed E-state index contributed by atoms with van der Waals surface area (Å²) in [6.07, 6.45) is 2.58. The first-order valence-electron chi connectivity index (χ1n) is 4.60. The van der Waals surface area contributed by atoms with E-state index in [1.54, 1.807) is 6.20 Å². The molecule has 14 heavy (non-hydrogen) atoms. The van der Waals surface area contributed by atoms with Crippen LogP contribution in [0.15, 0.2) is 22.8 Å². The third-order valence-corrected chi connectivity index (χ3v) is 2.76. The standard InChI is InChI=1S/C10H15BrN2O/c1-3-10(2,7-14)13-9-5-4-8(11)6-12-9/h4-6,14H,3,7H2,1-2H3,(H,12,13). The normalized spacial score (nSPS) is 14.9. The van der Waals surface area contributed by atoms with E-state index in [1.165, 1.54) is 0 Å². The van der Waals surface area contributed by atoms with E-state index in [9.17, 15) is 5.11 Å². The lowest BCUT2D eigenvalue weighted by Crippen LogP contribution is -2.38. The maximum Gasteiger partial charge on any atom is 0.126 e. The Bertz CT molecular complexity index is 283. The molecule has 0 fully saturated rings. The zero-order chi connectivity index (χ0) is 10.6. The van der Waals surface area contributed by atoms with Gasteiger partial charge in [-0.25, -0.2) is 4.98 Å². The number of anilines is 1. The number of nitrogens with one attached hydrogen (secondary N) is 1. The highest BCUT2D eigenvalue weighted by Gasteiger charge is 2.20. The molecule has 1 rings (SSSR count). The molecule has 4 heteroatoms. The highest BCUT2D eigenvalue weighted by atomic mass is 79.9. The Morgan fingerprint density at radius 2 is 2.29 bits per heavy atom. The number of hydrogen-bond donors (Lipinski definition) is 2. The molecule has 2 N–H and O–H groups in total. The van der Waals surface area contributed by atoms with Crippen LogP contribution in [-0.2, 0) is 0 Å². The van der Waals surface area contributed by atoms with Gasteiger partial charge in [0.2, 0.25) is 0 Å². The summed E-state index contributed by atoms with van der Waals surface area (Å²) in [5.41, 5.74) is -0.291. The summed E-state index contributed by atoms with van der Waals surface area (Å²) in [6.45, 7) is 4.10. The molecule has 0 spiro atoms. The van der Waals surface area contributed by atoms with Crippen LogP contribution in [0.5, 0.6) is 0 Å². The van der Waals surface area contributed by atoms with Gasteiger partial charge in [-0.15, -0.1) is 0 Å². The van der Waals surface area contributed by atoms with Gasteiger partial charge in [0.15, 0.2) is 0 Å². The largest absolute Gasteiger partial charge is 0.394 e. The Balaban J connectivity index is 2.72. The first kappa shape index (κ1) is 11.5. The molecule has 1 atom stereocenters. The van der Waals surface area contributed by atoms with Crippen molar-refractivity contribution in [2.24, 2.45) is 0 Å². The average Bonchev–Trinajstić information content (AvgIpc) is 2.21. The van der Waals surface area contributed by atoms with Crippen LogP contribution in [-0.4, -0.2) is 22.2 Å². The molecule has 0 radical (unpaired) electrons. The van der Waals surface area contributed by atoms with Gasteiger partial charge in [0.1, 0.15) is 5.82 Å². The van der Waals surface area contributed by atoms with E-state index in [1.807, 2.05) is 26.0 Å². The number of pyridine rings is 1. The fraction of sp³-hybridized carbons (Fsp3) is 0.500. The second-order valence-electron chi connectivity index (χ2n) is 3.56. The summed E-state index contributed by atoms with van der Waals surface area (Å²) < 4.78 is 0.949. The van der Waals surface area contributed by atoms with Crippen molar-refractivity contribution >= 4 is 21.7 Å². The number of aromatic nitrogens is 1. The molecule has 0 aromatic carbocycles. The van der Waals surface area contributed by atoms with Crippen LogP contribution in [0, 0.1) is 0 Å². The number of aliphatic hydroxyl groups excluding tert-OH is 1. The lowest BCUT2D eigenvalue weighted by Gasteiger charge is -2.27. The maximum absolute atomic E-state index is 9.20. The van der Waals surface area contributed by atoms with Gasteiger partial charge in [-0.3, -0.25) is 0 Å². The Hall–Kier alpha value is -0.610. The number of aliphatic hydroxyl groups is 1. The zero-order valence-corrected chi connectivity index (χ0v) is 10.0. The topological polar surface area (TPSA) is 45.1 Å². The maximum atomic E-state index is 9.20. The first-order chi connectivity index (χ1) is 6.59. The van der Waals surface area contributed by atoms with Gasteiger partial charge in [-0.2, -0.15) is 0 Å². The van der Waals surface area contributed by atoms with E-state index in [-0.39, 0.29) is 12.1 Å². The molecule has 0 aliphatic heterocycles. The van der Waals surface area contributed by atoms with E-state index >= 15 is 0 Å². The Kier molecular flexibility index (Phi) is 3.89. The van der Waals surface area contributed by atoms with E-state index in [0.717, 1.165) is 16.7 Å². The van der Waals surface area contributed by atoms with Gasteiger partial charge in [-0.05, 0) is 41.4 Å². The molecule has 1 aromatic rings. The second kappa shape index (κ2) is 4.75. The summed E-state index contributed by atoms with van der Waals surface area (Å²) in [6, 6.07) is 3.80. The van der Waals surface area contributed by atoms with Crippen LogP contribution in [0.2, 0.25) is 0 Å². The lowest BCUT2D eigenvalue weighted by molar-refractivity contribution is 0.218. The monoisotopic (exact) mass is 258 g/mol. The van der Waals surface area contributed by atoms with E-state index < -0.39 is 0 Å². The van der Waals surface area contributed by atoms with Crippen molar-refractivity contribution in [3.05, 3.63) is 22.8 Å². The van der Waals surface area contributed by atoms with E-state index in [0.29, 0.717) is 0 Å². The van der Waals surface area contributed by atoms with Crippen molar-refractivity contribution in [3.63, 3.8) is 0 Å². The van der Waals surface area contributed by atoms with Gasteiger partial charge >= 0.3 is 0 Å². The van der Waals surface area contributed by atoms with Crippen molar-refractivity contribution in [2.75, 3.05) is 11.9 Å². The van der Waals surface area contributed by atoms with Crippen LogP contribution in [0.4, 0.5) is 5.82 Å². The van der Waals surface area contributed by atoms with Gasteiger partial charge in [0, 0.05) is 10.7 Å². The summed E-state index contributed by atoms with van der Waals surface area (Å²) in [7, 11) is 0. The van der Waals surface area contributed by atoms with Gasteiger partial charge in [-0.1, -0.05) is 6.92 Å². The quantitative estimate of drug-likeness (QED) is 0.872. The van der Waals surface area contributed by atoms with Gasteiger partial charge in [0.25, 0.3) is 0 Å². The Morgan fingerprint density at radius 3 is 2.71 bits per heavy atom. The van der Waals surface area contributed by atoms with Crippen molar-refractivity contribution < 1.29 is 5.11 Å². The summed E-state index contributed by atoms with van der Waals surface area (Å²) in [5.74, 6) is 0.784. The molecule has 1 unspecified atom stereocenters. The van der Waals surface area contributed by atoms with Crippen molar-refractivity contribution in [1.82, 2.24) is 4.98 Å². The molecule has 1 aromatic heterocycles.